The quantitative estimate of drug-likeness (QED) is 0.855. The molecule has 0 spiro atoms. The van der Waals surface area contributed by atoms with Crippen molar-refractivity contribution in [3.63, 3.8) is 0 Å². The van der Waals surface area contributed by atoms with Gasteiger partial charge in [0.1, 0.15) is 5.82 Å². The molecule has 6 nitrogen and oxygen atoms in total. The number of anilines is 2. The zero-order chi connectivity index (χ0) is 18.4. The summed E-state index contributed by atoms with van der Waals surface area (Å²) >= 11 is 0. The second kappa shape index (κ2) is 8.67. The topological polar surface area (TPSA) is 51.7 Å². The van der Waals surface area contributed by atoms with Crippen LogP contribution in [0.4, 0.5) is 11.5 Å². The third kappa shape index (κ3) is 4.95. The van der Waals surface area contributed by atoms with E-state index in [4.69, 9.17) is 0 Å². The number of rotatable bonds is 6. The van der Waals surface area contributed by atoms with Crippen molar-refractivity contribution in [1.29, 1.82) is 0 Å². The van der Waals surface area contributed by atoms with Gasteiger partial charge in [-0.3, -0.25) is 9.69 Å². The SMILES string of the molecule is CN(C)c1ccc(CNC(=O)CN2CCN(c3ccccn3)CC2)cc1. The molecule has 2 aromatic rings. The number of piperazine rings is 1. The average Bonchev–Trinajstić information content (AvgIpc) is 2.68. The van der Waals surface area contributed by atoms with Gasteiger partial charge in [0.05, 0.1) is 6.54 Å². The van der Waals surface area contributed by atoms with Crippen LogP contribution in [0.1, 0.15) is 5.56 Å². The highest BCUT2D eigenvalue weighted by atomic mass is 16.2. The van der Waals surface area contributed by atoms with Gasteiger partial charge in [-0.2, -0.15) is 0 Å². The molecule has 2 heterocycles. The molecule has 1 aromatic heterocycles. The first-order chi connectivity index (χ1) is 12.6. The van der Waals surface area contributed by atoms with Crippen LogP contribution in [0.3, 0.4) is 0 Å². The monoisotopic (exact) mass is 353 g/mol. The highest BCUT2D eigenvalue weighted by Crippen LogP contribution is 2.13. The molecule has 1 fully saturated rings. The molecular weight excluding hydrogens is 326 g/mol. The van der Waals surface area contributed by atoms with Gasteiger partial charge < -0.3 is 15.1 Å². The highest BCUT2D eigenvalue weighted by Gasteiger charge is 2.19. The van der Waals surface area contributed by atoms with E-state index in [1.807, 2.05) is 38.5 Å². The molecule has 0 atom stereocenters. The summed E-state index contributed by atoms with van der Waals surface area (Å²) in [5.74, 6) is 1.09. The van der Waals surface area contributed by atoms with Crippen molar-refractivity contribution in [1.82, 2.24) is 15.2 Å². The number of amides is 1. The van der Waals surface area contributed by atoms with Crippen LogP contribution in [0, 0.1) is 0 Å². The summed E-state index contributed by atoms with van der Waals surface area (Å²) in [6.07, 6.45) is 1.82. The molecular formula is C20H27N5O. The Hall–Kier alpha value is -2.60. The molecule has 0 unspecified atom stereocenters. The summed E-state index contributed by atoms with van der Waals surface area (Å²) in [5, 5.41) is 3.02. The summed E-state index contributed by atoms with van der Waals surface area (Å²) in [6, 6.07) is 14.2. The van der Waals surface area contributed by atoms with Crippen molar-refractivity contribution in [2.75, 3.05) is 56.6 Å². The van der Waals surface area contributed by atoms with E-state index in [0.717, 1.165) is 43.2 Å². The Bertz CT molecular complexity index is 694. The van der Waals surface area contributed by atoms with E-state index in [1.54, 1.807) is 0 Å². The first kappa shape index (κ1) is 18.2. The standard InChI is InChI=1S/C20H27N5O/c1-23(2)18-8-6-17(7-9-18)15-22-20(26)16-24-11-13-25(14-12-24)19-5-3-4-10-21-19/h3-10H,11-16H2,1-2H3,(H,22,26). The number of aromatic nitrogens is 1. The number of benzene rings is 1. The molecule has 3 rings (SSSR count). The van der Waals surface area contributed by atoms with Gasteiger partial charge in [0.15, 0.2) is 0 Å². The van der Waals surface area contributed by atoms with Gasteiger partial charge in [-0.05, 0) is 29.8 Å². The molecule has 0 aliphatic carbocycles. The van der Waals surface area contributed by atoms with E-state index in [2.05, 4.69) is 49.3 Å². The van der Waals surface area contributed by atoms with Gasteiger partial charge >= 0.3 is 0 Å². The molecule has 0 radical (unpaired) electrons. The van der Waals surface area contributed by atoms with Crippen LogP contribution in [0.25, 0.3) is 0 Å². The number of nitrogens with one attached hydrogen (secondary N) is 1. The molecule has 1 aliphatic rings. The van der Waals surface area contributed by atoms with Crippen LogP contribution in [0.2, 0.25) is 0 Å². The van der Waals surface area contributed by atoms with Crippen molar-refractivity contribution in [3.05, 3.63) is 54.2 Å². The van der Waals surface area contributed by atoms with Crippen molar-refractivity contribution >= 4 is 17.4 Å². The van der Waals surface area contributed by atoms with Crippen LogP contribution in [-0.4, -0.2) is 62.6 Å². The summed E-state index contributed by atoms with van der Waals surface area (Å²) in [5.41, 5.74) is 2.27. The van der Waals surface area contributed by atoms with Gasteiger partial charge in [0.2, 0.25) is 5.91 Å². The molecule has 1 aliphatic heterocycles. The molecule has 1 aromatic carbocycles. The Morgan fingerprint density at radius 2 is 1.81 bits per heavy atom. The summed E-state index contributed by atoms with van der Waals surface area (Å²) in [7, 11) is 4.04. The van der Waals surface area contributed by atoms with Crippen LogP contribution < -0.4 is 15.1 Å². The van der Waals surface area contributed by atoms with Crippen LogP contribution in [0.5, 0.6) is 0 Å². The Morgan fingerprint density at radius 1 is 1.08 bits per heavy atom. The molecule has 1 N–H and O–H groups in total. The lowest BCUT2D eigenvalue weighted by molar-refractivity contribution is -0.122. The van der Waals surface area contributed by atoms with E-state index in [-0.39, 0.29) is 5.91 Å². The number of carbonyl (C=O) groups excluding carboxylic acids is 1. The van der Waals surface area contributed by atoms with E-state index >= 15 is 0 Å². The van der Waals surface area contributed by atoms with Crippen molar-refractivity contribution in [2.24, 2.45) is 0 Å². The van der Waals surface area contributed by atoms with Crippen molar-refractivity contribution in [3.8, 4) is 0 Å². The fraction of sp³-hybridized carbons (Fsp3) is 0.400. The zero-order valence-corrected chi connectivity index (χ0v) is 15.6. The maximum absolute atomic E-state index is 12.2. The summed E-state index contributed by atoms with van der Waals surface area (Å²) in [6.45, 7) is 4.57. The minimum atomic E-state index is 0.0768. The third-order valence-corrected chi connectivity index (χ3v) is 4.66. The number of hydrogen-bond donors (Lipinski definition) is 1. The van der Waals surface area contributed by atoms with E-state index in [1.165, 1.54) is 0 Å². The lowest BCUT2D eigenvalue weighted by Gasteiger charge is -2.34. The molecule has 26 heavy (non-hydrogen) atoms. The van der Waals surface area contributed by atoms with Crippen LogP contribution in [0.15, 0.2) is 48.7 Å². The predicted octanol–water partition coefficient (Wildman–Crippen LogP) is 1.59. The van der Waals surface area contributed by atoms with Gasteiger partial charge in [-0.15, -0.1) is 0 Å². The van der Waals surface area contributed by atoms with Crippen LogP contribution >= 0.6 is 0 Å². The number of carbonyl (C=O) groups is 1. The predicted molar refractivity (Wildman–Crippen MR) is 106 cm³/mol. The van der Waals surface area contributed by atoms with Gasteiger partial charge in [0, 0.05) is 58.7 Å². The van der Waals surface area contributed by atoms with E-state index < -0.39 is 0 Å². The minimum Gasteiger partial charge on any atom is -0.378 e. The fourth-order valence-corrected chi connectivity index (χ4v) is 3.05. The van der Waals surface area contributed by atoms with Crippen molar-refractivity contribution < 1.29 is 4.79 Å². The molecule has 138 valence electrons. The van der Waals surface area contributed by atoms with E-state index in [0.29, 0.717) is 13.1 Å². The number of hydrogen-bond acceptors (Lipinski definition) is 5. The Morgan fingerprint density at radius 3 is 2.42 bits per heavy atom. The first-order valence-electron chi connectivity index (χ1n) is 9.03. The lowest BCUT2D eigenvalue weighted by atomic mass is 10.2. The molecule has 1 saturated heterocycles. The largest absolute Gasteiger partial charge is 0.378 e. The third-order valence-electron chi connectivity index (χ3n) is 4.66. The summed E-state index contributed by atoms with van der Waals surface area (Å²) in [4.78, 5) is 23.1. The lowest BCUT2D eigenvalue weighted by Crippen LogP contribution is -2.49. The van der Waals surface area contributed by atoms with Crippen molar-refractivity contribution in [2.45, 2.75) is 6.54 Å². The zero-order valence-electron chi connectivity index (χ0n) is 15.6. The smallest absolute Gasteiger partial charge is 0.234 e. The van der Waals surface area contributed by atoms with Gasteiger partial charge in [0.25, 0.3) is 0 Å². The summed E-state index contributed by atoms with van der Waals surface area (Å²) < 4.78 is 0. The Labute approximate surface area is 155 Å². The Balaban J connectivity index is 1.40. The number of pyridine rings is 1. The molecule has 0 bridgehead atoms. The first-order valence-corrected chi connectivity index (χ1v) is 9.03. The van der Waals surface area contributed by atoms with Gasteiger partial charge in [-0.25, -0.2) is 4.98 Å². The maximum atomic E-state index is 12.2. The fourth-order valence-electron chi connectivity index (χ4n) is 3.05. The molecule has 0 saturated carbocycles. The average molecular weight is 353 g/mol. The number of nitrogens with zero attached hydrogens (tertiary/aromatic N) is 4. The molecule has 6 heteroatoms. The molecule has 1 amide bonds. The van der Waals surface area contributed by atoms with E-state index in [9.17, 15) is 4.79 Å². The Kier molecular flexibility index (Phi) is 6.07. The second-order valence-corrected chi connectivity index (χ2v) is 6.79. The maximum Gasteiger partial charge on any atom is 0.234 e. The second-order valence-electron chi connectivity index (χ2n) is 6.79. The van der Waals surface area contributed by atoms with Crippen LogP contribution in [-0.2, 0) is 11.3 Å². The van der Waals surface area contributed by atoms with Gasteiger partial charge in [-0.1, -0.05) is 18.2 Å². The highest BCUT2D eigenvalue weighted by molar-refractivity contribution is 5.78. The normalized spacial score (nSPS) is 14.9. The minimum absolute atomic E-state index is 0.0768.